The Morgan fingerprint density at radius 3 is 2.71 bits per heavy atom. The van der Waals surface area contributed by atoms with Crippen molar-refractivity contribution in [2.75, 3.05) is 20.3 Å². The van der Waals surface area contributed by atoms with Crippen molar-refractivity contribution >= 4 is 17.6 Å². The van der Waals surface area contributed by atoms with Crippen LogP contribution in [0.2, 0.25) is 5.02 Å². The molecule has 1 aromatic rings. The molecule has 1 atom stereocenters. The summed E-state index contributed by atoms with van der Waals surface area (Å²) in [5.41, 5.74) is 6.97. The molecule has 0 saturated heterocycles. The Kier molecular flexibility index (Phi) is 5.70. The normalized spacial score (nSPS) is 15.2. The number of fused-ring (bicyclic) bond motifs is 1. The Morgan fingerprint density at radius 1 is 1.38 bits per heavy atom. The van der Waals surface area contributed by atoms with Gasteiger partial charge in [-0.25, -0.2) is 0 Å². The van der Waals surface area contributed by atoms with Crippen molar-refractivity contribution in [3.63, 3.8) is 0 Å². The van der Waals surface area contributed by atoms with Gasteiger partial charge < -0.3 is 19.9 Å². The second-order valence-corrected chi connectivity index (χ2v) is 5.35. The molecule has 116 valence electrons. The van der Waals surface area contributed by atoms with E-state index >= 15 is 0 Å². The van der Waals surface area contributed by atoms with Crippen LogP contribution in [-0.2, 0) is 9.53 Å². The summed E-state index contributed by atoms with van der Waals surface area (Å²) < 4.78 is 15.8. The van der Waals surface area contributed by atoms with Crippen molar-refractivity contribution in [1.82, 2.24) is 0 Å². The van der Waals surface area contributed by atoms with Gasteiger partial charge in [0.1, 0.15) is 0 Å². The predicted molar refractivity (Wildman–Crippen MR) is 79.9 cm³/mol. The van der Waals surface area contributed by atoms with Gasteiger partial charge in [-0.15, -0.1) is 0 Å². The second kappa shape index (κ2) is 7.52. The molecule has 1 heterocycles. The molecule has 0 radical (unpaired) electrons. The summed E-state index contributed by atoms with van der Waals surface area (Å²) in [4.78, 5) is 11.1. The van der Waals surface area contributed by atoms with Gasteiger partial charge in [0, 0.05) is 30.0 Å². The van der Waals surface area contributed by atoms with Crippen LogP contribution in [0.15, 0.2) is 12.1 Å². The average molecular weight is 314 g/mol. The van der Waals surface area contributed by atoms with Crippen LogP contribution in [0.25, 0.3) is 0 Å². The van der Waals surface area contributed by atoms with Crippen LogP contribution < -0.4 is 15.2 Å². The lowest BCUT2D eigenvalue weighted by Crippen LogP contribution is -2.12. The molecule has 6 heteroatoms. The minimum Gasteiger partial charge on any atom is -0.490 e. The summed E-state index contributed by atoms with van der Waals surface area (Å²) in [6.45, 7) is 1.24. The number of methoxy groups -OCH3 is 1. The van der Waals surface area contributed by atoms with Gasteiger partial charge in [0.2, 0.25) is 0 Å². The summed E-state index contributed by atoms with van der Waals surface area (Å²) in [5.74, 6) is 1.10. The zero-order valence-electron chi connectivity index (χ0n) is 12.1. The van der Waals surface area contributed by atoms with Crippen LogP contribution in [-0.4, -0.2) is 26.3 Å². The van der Waals surface area contributed by atoms with Gasteiger partial charge in [0.15, 0.2) is 11.5 Å². The largest absolute Gasteiger partial charge is 0.490 e. The number of ether oxygens (including phenoxy) is 3. The van der Waals surface area contributed by atoms with Crippen LogP contribution in [0.1, 0.15) is 37.3 Å². The first-order chi connectivity index (χ1) is 10.1. The van der Waals surface area contributed by atoms with Gasteiger partial charge in [-0.1, -0.05) is 11.6 Å². The maximum absolute atomic E-state index is 11.1. The molecule has 1 aliphatic heterocycles. The van der Waals surface area contributed by atoms with Crippen molar-refractivity contribution in [1.29, 1.82) is 0 Å². The van der Waals surface area contributed by atoms with E-state index in [1.807, 2.05) is 6.07 Å². The SMILES string of the molecule is COC(=O)CCCC(N)c1cc2c(cc1Cl)OCCCO2. The molecule has 2 N–H and O–H groups in total. The third-order valence-electron chi connectivity index (χ3n) is 3.39. The van der Waals surface area contributed by atoms with Gasteiger partial charge in [0.25, 0.3) is 0 Å². The highest BCUT2D eigenvalue weighted by Crippen LogP contribution is 2.37. The van der Waals surface area contributed by atoms with Crippen LogP contribution >= 0.6 is 11.6 Å². The van der Waals surface area contributed by atoms with E-state index in [2.05, 4.69) is 4.74 Å². The van der Waals surface area contributed by atoms with Gasteiger partial charge in [-0.05, 0) is 24.5 Å². The summed E-state index contributed by atoms with van der Waals surface area (Å²) in [6, 6.07) is 3.34. The van der Waals surface area contributed by atoms with Crippen molar-refractivity contribution in [3.8, 4) is 11.5 Å². The zero-order chi connectivity index (χ0) is 15.2. The van der Waals surface area contributed by atoms with E-state index in [1.54, 1.807) is 6.07 Å². The molecule has 5 nitrogen and oxygen atoms in total. The van der Waals surface area contributed by atoms with E-state index in [9.17, 15) is 4.79 Å². The lowest BCUT2D eigenvalue weighted by molar-refractivity contribution is -0.140. The number of esters is 1. The smallest absolute Gasteiger partial charge is 0.305 e. The quantitative estimate of drug-likeness (QED) is 0.846. The number of hydrogen-bond donors (Lipinski definition) is 1. The highest BCUT2D eigenvalue weighted by molar-refractivity contribution is 6.31. The van der Waals surface area contributed by atoms with Crippen molar-refractivity contribution < 1.29 is 19.0 Å². The molecule has 0 aliphatic carbocycles. The molecular weight excluding hydrogens is 294 g/mol. The molecule has 0 amide bonds. The second-order valence-electron chi connectivity index (χ2n) is 4.95. The Labute approximate surface area is 129 Å². The molecule has 0 spiro atoms. The van der Waals surface area contributed by atoms with E-state index in [4.69, 9.17) is 26.8 Å². The number of halogens is 1. The minimum absolute atomic E-state index is 0.230. The van der Waals surface area contributed by atoms with Gasteiger partial charge in [0.05, 0.1) is 20.3 Å². The molecule has 0 fully saturated rings. The number of benzene rings is 1. The number of rotatable bonds is 5. The Hall–Kier alpha value is -1.46. The lowest BCUT2D eigenvalue weighted by Gasteiger charge is -2.16. The molecule has 2 rings (SSSR count). The number of carbonyl (C=O) groups excluding carboxylic acids is 1. The van der Waals surface area contributed by atoms with Crippen LogP contribution in [0.5, 0.6) is 11.5 Å². The maximum atomic E-state index is 11.1. The van der Waals surface area contributed by atoms with Gasteiger partial charge in [-0.2, -0.15) is 0 Å². The van der Waals surface area contributed by atoms with E-state index in [-0.39, 0.29) is 12.0 Å². The topological polar surface area (TPSA) is 70.8 Å². The monoisotopic (exact) mass is 313 g/mol. The lowest BCUT2D eigenvalue weighted by atomic mass is 10.0. The molecule has 1 aromatic carbocycles. The molecule has 1 aliphatic rings. The highest BCUT2D eigenvalue weighted by atomic mass is 35.5. The summed E-state index contributed by atoms with van der Waals surface area (Å²) >= 11 is 6.27. The Morgan fingerprint density at radius 2 is 2.05 bits per heavy atom. The number of carbonyl (C=O) groups is 1. The first kappa shape index (κ1) is 15.9. The predicted octanol–water partition coefficient (Wildman–Crippen LogP) is 2.84. The molecule has 21 heavy (non-hydrogen) atoms. The Bertz CT molecular complexity index is 507. The maximum Gasteiger partial charge on any atom is 0.305 e. The van der Waals surface area contributed by atoms with Gasteiger partial charge >= 0.3 is 5.97 Å². The first-order valence-electron chi connectivity index (χ1n) is 7.03. The standard InChI is InChI=1S/C15H20ClNO4/c1-19-15(18)5-2-4-12(17)10-8-13-14(9-11(10)16)21-7-3-6-20-13/h8-9,12H,2-7,17H2,1H3. The average Bonchev–Trinajstić information content (AvgIpc) is 2.70. The van der Waals surface area contributed by atoms with Crippen molar-refractivity contribution in [3.05, 3.63) is 22.7 Å². The van der Waals surface area contributed by atoms with Crippen LogP contribution in [0.4, 0.5) is 0 Å². The Balaban J connectivity index is 2.04. The van der Waals surface area contributed by atoms with Crippen molar-refractivity contribution in [2.45, 2.75) is 31.7 Å². The van der Waals surface area contributed by atoms with E-state index < -0.39 is 0 Å². The third kappa shape index (κ3) is 4.25. The fourth-order valence-corrected chi connectivity index (χ4v) is 2.50. The highest BCUT2D eigenvalue weighted by Gasteiger charge is 2.18. The fraction of sp³-hybridized carbons (Fsp3) is 0.533. The molecule has 0 saturated carbocycles. The third-order valence-corrected chi connectivity index (χ3v) is 3.72. The van der Waals surface area contributed by atoms with Crippen LogP contribution in [0.3, 0.4) is 0 Å². The number of nitrogens with two attached hydrogens (primary N) is 1. The summed E-state index contributed by atoms with van der Waals surface area (Å²) in [6.07, 6.45) is 2.49. The molecule has 1 unspecified atom stereocenters. The summed E-state index contributed by atoms with van der Waals surface area (Å²) in [7, 11) is 1.38. The van der Waals surface area contributed by atoms with Crippen molar-refractivity contribution in [2.24, 2.45) is 5.73 Å². The fourth-order valence-electron chi connectivity index (χ4n) is 2.21. The molecular formula is C15H20ClNO4. The zero-order valence-corrected chi connectivity index (χ0v) is 12.8. The van der Waals surface area contributed by atoms with E-state index in [0.717, 1.165) is 12.0 Å². The molecule has 0 aromatic heterocycles. The first-order valence-corrected chi connectivity index (χ1v) is 7.41. The number of hydrogen-bond acceptors (Lipinski definition) is 5. The van der Waals surface area contributed by atoms with Gasteiger partial charge in [-0.3, -0.25) is 4.79 Å². The van der Waals surface area contributed by atoms with E-state index in [0.29, 0.717) is 49.0 Å². The van der Waals surface area contributed by atoms with E-state index in [1.165, 1.54) is 7.11 Å². The minimum atomic E-state index is -0.251. The summed E-state index contributed by atoms with van der Waals surface area (Å²) in [5, 5.41) is 0.560. The van der Waals surface area contributed by atoms with Crippen LogP contribution in [0, 0.1) is 0 Å². The molecule has 0 bridgehead atoms.